The summed E-state index contributed by atoms with van der Waals surface area (Å²) < 4.78 is 0. The second-order valence-electron chi connectivity index (χ2n) is 4.72. The summed E-state index contributed by atoms with van der Waals surface area (Å²) in [5.41, 5.74) is 2.94. The van der Waals surface area contributed by atoms with Gasteiger partial charge in [-0.1, -0.05) is 30.3 Å². The van der Waals surface area contributed by atoms with Crippen molar-refractivity contribution in [3.8, 4) is 0 Å². The van der Waals surface area contributed by atoms with Crippen molar-refractivity contribution < 1.29 is 4.79 Å². The van der Waals surface area contributed by atoms with Crippen molar-refractivity contribution in [2.75, 3.05) is 20.1 Å². The number of rotatable bonds is 2. The lowest BCUT2D eigenvalue weighted by molar-refractivity contribution is -0.128. The molecule has 1 saturated heterocycles. The van der Waals surface area contributed by atoms with Gasteiger partial charge in [0.1, 0.15) is 0 Å². The lowest BCUT2D eigenvalue weighted by Gasteiger charge is -2.39. The summed E-state index contributed by atoms with van der Waals surface area (Å²) in [4.78, 5) is 14.4. The minimum atomic E-state index is -0.456. The fraction of sp³-hybridized carbons (Fsp3) is 0.462. The number of nitrogens with two attached hydrogens (primary N) is 1. The fourth-order valence-electron chi connectivity index (χ4n) is 2.54. The Balaban J connectivity index is 2.35. The van der Waals surface area contributed by atoms with Crippen LogP contribution in [0.25, 0.3) is 0 Å². The number of hydrazine groups is 1. The number of likely N-dealkylation sites (tertiary alicyclic amines) is 1. The third-order valence-electron chi connectivity index (χ3n) is 3.73. The van der Waals surface area contributed by atoms with Gasteiger partial charge in [-0.15, -0.1) is 0 Å². The first-order valence-electron chi connectivity index (χ1n) is 5.94. The molecule has 3 N–H and O–H groups in total. The zero-order chi connectivity index (χ0) is 12.3. The molecule has 1 aromatic carbocycles. The molecule has 17 heavy (non-hydrogen) atoms. The quantitative estimate of drug-likeness (QED) is 0.448. The van der Waals surface area contributed by atoms with Crippen molar-refractivity contribution >= 4 is 5.91 Å². The second kappa shape index (κ2) is 4.85. The predicted octanol–water partition coefficient (Wildman–Crippen LogP) is 0.640. The van der Waals surface area contributed by atoms with Crippen molar-refractivity contribution in [3.05, 3.63) is 35.9 Å². The van der Waals surface area contributed by atoms with E-state index >= 15 is 0 Å². The van der Waals surface area contributed by atoms with Gasteiger partial charge in [0.25, 0.3) is 0 Å². The van der Waals surface area contributed by atoms with Gasteiger partial charge in [0, 0.05) is 0 Å². The van der Waals surface area contributed by atoms with E-state index in [1.54, 1.807) is 0 Å². The van der Waals surface area contributed by atoms with E-state index in [1.165, 1.54) is 0 Å². The molecule has 0 aromatic heterocycles. The van der Waals surface area contributed by atoms with Crippen LogP contribution in [0, 0.1) is 0 Å². The normalized spacial score (nSPS) is 19.9. The Morgan fingerprint density at radius 2 is 1.88 bits per heavy atom. The molecule has 92 valence electrons. The smallest absolute Gasteiger partial charge is 0.244 e. The number of piperidine rings is 1. The molecule has 1 fully saturated rings. The van der Waals surface area contributed by atoms with E-state index in [4.69, 9.17) is 5.84 Å². The van der Waals surface area contributed by atoms with Crippen molar-refractivity contribution in [1.29, 1.82) is 0 Å². The van der Waals surface area contributed by atoms with E-state index in [1.807, 2.05) is 30.3 Å². The van der Waals surface area contributed by atoms with Crippen LogP contribution in [-0.2, 0) is 10.2 Å². The Hall–Kier alpha value is -1.39. The molecule has 1 amide bonds. The van der Waals surface area contributed by atoms with Crippen LogP contribution in [0.3, 0.4) is 0 Å². The molecule has 1 aromatic rings. The summed E-state index contributed by atoms with van der Waals surface area (Å²) in [5, 5.41) is 0. The number of nitrogens with zero attached hydrogens (tertiary/aromatic N) is 1. The number of hydrogen-bond donors (Lipinski definition) is 2. The topological polar surface area (TPSA) is 58.4 Å². The Labute approximate surface area is 102 Å². The van der Waals surface area contributed by atoms with Crippen LogP contribution in [-0.4, -0.2) is 30.9 Å². The van der Waals surface area contributed by atoms with Gasteiger partial charge in [-0.2, -0.15) is 0 Å². The largest absolute Gasteiger partial charge is 0.306 e. The van der Waals surface area contributed by atoms with Crippen molar-refractivity contribution in [3.63, 3.8) is 0 Å². The van der Waals surface area contributed by atoms with E-state index in [9.17, 15) is 4.79 Å². The number of carbonyl (C=O) groups excluding carboxylic acids is 1. The zero-order valence-corrected chi connectivity index (χ0v) is 10.1. The number of benzene rings is 1. The summed E-state index contributed by atoms with van der Waals surface area (Å²) in [5.74, 6) is 5.27. The molecule has 0 unspecified atom stereocenters. The first kappa shape index (κ1) is 12.1. The lowest BCUT2D eigenvalue weighted by atomic mass is 9.72. The molecular formula is C13H19N3O. The number of nitrogens with one attached hydrogen (secondary N) is 1. The molecule has 4 nitrogen and oxygen atoms in total. The summed E-state index contributed by atoms with van der Waals surface area (Å²) in [6, 6.07) is 9.94. The van der Waals surface area contributed by atoms with Crippen LogP contribution in [0.15, 0.2) is 30.3 Å². The van der Waals surface area contributed by atoms with Crippen LogP contribution in [0.4, 0.5) is 0 Å². The van der Waals surface area contributed by atoms with E-state index in [-0.39, 0.29) is 5.91 Å². The van der Waals surface area contributed by atoms with Crippen molar-refractivity contribution in [2.45, 2.75) is 18.3 Å². The van der Waals surface area contributed by atoms with Crippen molar-refractivity contribution in [1.82, 2.24) is 10.3 Å². The van der Waals surface area contributed by atoms with Crippen LogP contribution in [0.1, 0.15) is 18.4 Å². The minimum Gasteiger partial charge on any atom is -0.306 e. The maximum absolute atomic E-state index is 12.1. The second-order valence-corrected chi connectivity index (χ2v) is 4.72. The molecule has 1 aliphatic heterocycles. The van der Waals surface area contributed by atoms with E-state index < -0.39 is 5.41 Å². The van der Waals surface area contributed by atoms with Gasteiger partial charge in [-0.05, 0) is 38.5 Å². The highest BCUT2D eigenvalue weighted by molar-refractivity contribution is 5.87. The summed E-state index contributed by atoms with van der Waals surface area (Å²) in [6.45, 7) is 1.84. The molecule has 4 heteroatoms. The van der Waals surface area contributed by atoms with Crippen LogP contribution >= 0.6 is 0 Å². The maximum atomic E-state index is 12.1. The average Bonchev–Trinajstić information content (AvgIpc) is 2.40. The third-order valence-corrected chi connectivity index (χ3v) is 3.73. The van der Waals surface area contributed by atoms with Crippen molar-refractivity contribution in [2.24, 2.45) is 5.84 Å². The predicted molar refractivity (Wildman–Crippen MR) is 67.2 cm³/mol. The van der Waals surface area contributed by atoms with Crippen LogP contribution < -0.4 is 11.3 Å². The molecule has 0 saturated carbocycles. The molecule has 0 aliphatic carbocycles. The van der Waals surface area contributed by atoms with Gasteiger partial charge in [-0.3, -0.25) is 10.2 Å². The van der Waals surface area contributed by atoms with Crippen LogP contribution in [0.2, 0.25) is 0 Å². The SMILES string of the molecule is CN1CCC(C(=O)NN)(c2ccccc2)CC1. The highest BCUT2D eigenvalue weighted by atomic mass is 16.2. The van der Waals surface area contributed by atoms with Gasteiger partial charge in [0.05, 0.1) is 5.41 Å². The third kappa shape index (κ3) is 2.18. The zero-order valence-electron chi connectivity index (χ0n) is 10.1. The minimum absolute atomic E-state index is 0.0724. The average molecular weight is 233 g/mol. The first-order valence-corrected chi connectivity index (χ1v) is 5.94. The molecular weight excluding hydrogens is 214 g/mol. The number of carbonyl (C=O) groups is 1. The first-order chi connectivity index (χ1) is 8.19. The van der Waals surface area contributed by atoms with Gasteiger partial charge in [-0.25, -0.2) is 5.84 Å². The molecule has 1 heterocycles. The standard InChI is InChI=1S/C13H19N3O/c1-16-9-7-13(8-10-16,12(17)15-14)11-5-3-2-4-6-11/h2-6H,7-10,14H2,1H3,(H,15,17). The monoisotopic (exact) mass is 233 g/mol. The molecule has 0 atom stereocenters. The Morgan fingerprint density at radius 3 is 2.41 bits per heavy atom. The van der Waals surface area contributed by atoms with E-state index in [0.29, 0.717) is 0 Å². The fourth-order valence-corrected chi connectivity index (χ4v) is 2.54. The Kier molecular flexibility index (Phi) is 3.45. The summed E-state index contributed by atoms with van der Waals surface area (Å²) >= 11 is 0. The summed E-state index contributed by atoms with van der Waals surface area (Å²) in [7, 11) is 2.08. The van der Waals surface area contributed by atoms with Gasteiger partial charge in [0.15, 0.2) is 0 Å². The van der Waals surface area contributed by atoms with E-state index in [0.717, 1.165) is 31.5 Å². The lowest BCUT2D eigenvalue weighted by Crippen LogP contribution is -2.52. The number of hydrogen-bond acceptors (Lipinski definition) is 3. The Morgan fingerprint density at radius 1 is 1.29 bits per heavy atom. The molecule has 2 rings (SSSR count). The van der Waals surface area contributed by atoms with Gasteiger partial charge < -0.3 is 4.90 Å². The van der Waals surface area contributed by atoms with E-state index in [2.05, 4.69) is 17.4 Å². The summed E-state index contributed by atoms with van der Waals surface area (Å²) in [6.07, 6.45) is 1.63. The highest BCUT2D eigenvalue weighted by Gasteiger charge is 2.41. The molecule has 0 bridgehead atoms. The number of amides is 1. The van der Waals surface area contributed by atoms with Crippen LogP contribution in [0.5, 0.6) is 0 Å². The Bertz CT molecular complexity index is 383. The highest BCUT2D eigenvalue weighted by Crippen LogP contribution is 2.35. The molecule has 0 radical (unpaired) electrons. The van der Waals surface area contributed by atoms with Gasteiger partial charge >= 0.3 is 0 Å². The molecule has 1 aliphatic rings. The van der Waals surface area contributed by atoms with Gasteiger partial charge in [0.2, 0.25) is 5.91 Å². The maximum Gasteiger partial charge on any atom is 0.244 e. The molecule has 0 spiro atoms.